The van der Waals surface area contributed by atoms with E-state index in [9.17, 15) is 14.7 Å². The summed E-state index contributed by atoms with van der Waals surface area (Å²) >= 11 is 0. The Labute approximate surface area is 87.2 Å². The van der Waals surface area contributed by atoms with E-state index in [-0.39, 0.29) is 5.30 Å². The molecule has 0 fully saturated rings. The van der Waals surface area contributed by atoms with Crippen molar-refractivity contribution in [2.75, 3.05) is 5.73 Å². The van der Waals surface area contributed by atoms with Crippen molar-refractivity contribution in [1.29, 1.82) is 0 Å². The second-order valence-electron chi connectivity index (χ2n) is 3.29. The van der Waals surface area contributed by atoms with Gasteiger partial charge in [0.2, 0.25) is 0 Å². The van der Waals surface area contributed by atoms with Crippen LogP contribution in [0.1, 0.15) is 0 Å². The highest BCUT2D eigenvalue weighted by Crippen LogP contribution is 2.45. The summed E-state index contributed by atoms with van der Waals surface area (Å²) in [6.45, 7) is 0. The topological polar surface area (TPSA) is 86.7 Å². The van der Waals surface area contributed by atoms with Crippen LogP contribution in [0.4, 0.5) is 5.69 Å². The molecule has 0 spiro atoms. The Morgan fingerprint density at radius 3 is 2.07 bits per heavy atom. The van der Waals surface area contributed by atoms with Crippen LogP contribution in [-0.2, 0) is 0 Å². The van der Waals surface area contributed by atoms with Gasteiger partial charge in [-0.2, -0.15) is 14.7 Å². The number of rotatable bonds is 1. The van der Waals surface area contributed by atoms with Gasteiger partial charge in [-0.3, -0.25) is 0 Å². The van der Waals surface area contributed by atoms with Crippen molar-refractivity contribution in [2.45, 2.75) is 0 Å². The van der Waals surface area contributed by atoms with E-state index in [2.05, 4.69) is 0 Å². The number of fused-ring (bicyclic) bond motifs is 1. The largest absolute Gasteiger partial charge is 0.441 e. The lowest BCUT2D eigenvalue weighted by molar-refractivity contribution is 0.347. The van der Waals surface area contributed by atoms with E-state index in [4.69, 9.17) is 5.73 Å². The van der Waals surface area contributed by atoms with Gasteiger partial charge in [-0.15, -0.1) is 0 Å². The average molecular weight is 224 g/mol. The van der Waals surface area contributed by atoms with Crippen molar-refractivity contribution in [2.24, 2.45) is 0 Å². The zero-order valence-corrected chi connectivity index (χ0v) is 8.72. The van der Waals surface area contributed by atoms with E-state index in [1.165, 1.54) is 6.07 Å². The van der Waals surface area contributed by atoms with Crippen LogP contribution in [0.15, 0.2) is 36.4 Å². The minimum absolute atomic E-state index is 0.132. The summed E-state index contributed by atoms with van der Waals surface area (Å²) in [6, 6.07) is 10.00. The monoisotopic (exact) mass is 224 g/mol. The second-order valence-corrected chi connectivity index (χ2v) is 4.91. The summed E-state index contributed by atoms with van der Waals surface area (Å²) < 4.78 is 0. The molecule has 0 aromatic heterocycles. The molecule has 4 nitrogen and oxygen atoms in total. The van der Waals surface area contributed by atoms with E-state index >= 15 is 0 Å². The summed E-state index contributed by atoms with van der Waals surface area (Å²) in [5, 5.41) is 1.40. The first kappa shape index (κ1) is 10.3. The van der Waals surface area contributed by atoms with Gasteiger partial charge in [0, 0.05) is 16.5 Å². The van der Waals surface area contributed by atoms with Crippen LogP contribution in [-0.4, -0.2) is 14.7 Å². The van der Waals surface area contributed by atoms with Crippen molar-refractivity contribution in [3.8, 4) is 0 Å². The maximum Gasteiger partial charge on any atom is 0.441 e. The highest BCUT2D eigenvalue weighted by molar-refractivity contribution is 7.67. The summed E-state index contributed by atoms with van der Waals surface area (Å²) in [7, 11) is -3.99. The quantitative estimate of drug-likeness (QED) is 0.426. The van der Waals surface area contributed by atoms with Crippen molar-refractivity contribution in [3.05, 3.63) is 36.4 Å². The molecule has 2 rings (SSSR count). The van der Waals surface area contributed by atoms with Crippen LogP contribution in [0.3, 0.4) is 0 Å². The Morgan fingerprint density at radius 2 is 1.47 bits per heavy atom. The Hall–Kier alpha value is -1.19. The van der Waals surface area contributed by atoms with Gasteiger partial charge in [-0.05, 0) is 12.1 Å². The molecular formula is C10H11NO3P+. The molecule has 5 N–H and O–H groups in total. The van der Waals surface area contributed by atoms with Crippen LogP contribution >= 0.6 is 7.94 Å². The fourth-order valence-electron chi connectivity index (χ4n) is 1.57. The lowest BCUT2D eigenvalue weighted by atomic mass is 10.1. The molecule has 0 saturated heterocycles. The lowest BCUT2D eigenvalue weighted by Crippen LogP contribution is -2.11. The minimum atomic E-state index is -3.99. The standard InChI is InChI=1S/C10H11NO3P/c11-9-5-6-10(15(12,13)14)8-4-2-1-3-7(8)9/h1-6,12-14H,11H2/q+1. The first-order valence-electron chi connectivity index (χ1n) is 4.35. The normalized spacial score (nSPS) is 11.9. The molecular weight excluding hydrogens is 213 g/mol. The van der Waals surface area contributed by atoms with Crippen molar-refractivity contribution in [3.63, 3.8) is 0 Å². The van der Waals surface area contributed by atoms with Gasteiger partial charge < -0.3 is 5.73 Å². The molecule has 2 aromatic rings. The average Bonchev–Trinajstić information content (AvgIpc) is 2.17. The summed E-state index contributed by atoms with van der Waals surface area (Å²) in [5.74, 6) is 0. The minimum Gasteiger partial charge on any atom is -0.398 e. The van der Waals surface area contributed by atoms with Gasteiger partial charge in [-0.25, -0.2) is 0 Å². The Bertz CT molecular complexity index is 507. The maximum absolute atomic E-state index is 9.26. The molecule has 0 unspecified atom stereocenters. The molecule has 78 valence electrons. The second kappa shape index (κ2) is 3.43. The van der Waals surface area contributed by atoms with E-state index < -0.39 is 7.94 Å². The molecule has 0 amide bonds. The fraction of sp³-hybridized carbons (Fsp3) is 0. The van der Waals surface area contributed by atoms with Gasteiger partial charge in [-0.1, -0.05) is 24.3 Å². The number of nitrogen functional groups attached to an aromatic ring is 1. The number of benzene rings is 2. The number of nitrogens with two attached hydrogens (primary N) is 1. The zero-order valence-electron chi connectivity index (χ0n) is 7.83. The molecule has 0 aliphatic carbocycles. The Balaban J connectivity index is 2.84. The molecule has 0 heterocycles. The van der Waals surface area contributed by atoms with Gasteiger partial charge in [0.15, 0.2) is 5.30 Å². The highest BCUT2D eigenvalue weighted by atomic mass is 31.2. The van der Waals surface area contributed by atoms with Gasteiger partial charge in [0.05, 0.1) is 0 Å². The van der Waals surface area contributed by atoms with Crippen LogP contribution < -0.4 is 11.0 Å². The van der Waals surface area contributed by atoms with Gasteiger partial charge >= 0.3 is 7.94 Å². The van der Waals surface area contributed by atoms with Crippen LogP contribution in [0.25, 0.3) is 10.8 Å². The molecule has 2 aromatic carbocycles. The zero-order chi connectivity index (χ0) is 11.1. The smallest absolute Gasteiger partial charge is 0.398 e. The summed E-state index contributed by atoms with van der Waals surface area (Å²) in [6.07, 6.45) is 0. The molecule has 0 aliphatic heterocycles. The Morgan fingerprint density at radius 1 is 0.867 bits per heavy atom. The number of hydrogen-bond donors (Lipinski definition) is 4. The van der Waals surface area contributed by atoms with E-state index in [1.54, 1.807) is 30.3 Å². The molecule has 0 atom stereocenters. The predicted molar refractivity (Wildman–Crippen MR) is 61.6 cm³/mol. The number of hydrogen-bond acceptors (Lipinski definition) is 4. The van der Waals surface area contributed by atoms with E-state index in [0.717, 1.165) is 0 Å². The summed E-state index contributed by atoms with van der Waals surface area (Å²) in [4.78, 5) is 27.8. The maximum atomic E-state index is 9.26. The third kappa shape index (κ3) is 1.80. The third-order valence-corrected chi connectivity index (χ3v) is 3.29. The van der Waals surface area contributed by atoms with Crippen LogP contribution in [0, 0.1) is 0 Å². The van der Waals surface area contributed by atoms with Crippen molar-refractivity contribution >= 4 is 29.7 Å². The molecule has 5 heteroatoms. The fourth-order valence-corrected chi connectivity index (χ4v) is 2.36. The first-order valence-corrected chi connectivity index (χ1v) is 6.00. The van der Waals surface area contributed by atoms with Gasteiger partial charge in [0.25, 0.3) is 0 Å². The molecule has 0 aliphatic rings. The van der Waals surface area contributed by atoms with Crippen molar-refractivity contribution < 1.29 is 14.7 Å². The summed E-state index contributed by atoms with van der Waals surface area (Å²) in [5.41, 5.74) is 6.28. The lowest BCUT2D eigenvalue weighted by Gasteiger charge is -2.08. The highest BCUT2D eigenvalue weighted by Gasteiger charge is 2.36. The predicted octanol–water partition coefficient (Wildman–Crippen LogP) is 0.787. The van der Waals surface area contributed by atoms with Gasteiger partial charge in [0.1, 0.15) is 0 Å². The molecule has 0 bridgehead atoms. The molecule has 15 heavy (non-hydrogen) atoms. The first-order chi connectivity index (χ1) is 7.00. The molecule has 0 saturated carbocycles. The number of anilines is 1. The van der Waals surface area contributed by atoms with Crippen molar-refractivity contribution in [1.82, 2.24) is 0 Å². The van der Waals surface area contributed by atoms with Crippen LogP contribution in [0.2, 0.25) is 0 Å². The SMILES string of the molecule is Nc1ccc([P+](O)(O)O)c2ccccc12. The molecule has 0 radical (unpaired) electrons. The van der Waals surface area contributed by atoms with E-state index in [0.29, 0.717) is 16.5 Å². The van der Waals surface area contributed by atoms with Crippen LogP contribution in [0.5, 0.6) is 0 Å². The Kier molecular flexibility index (Phi) is 2.37. The van der Waals surface area contributed by atoms with E-state index in [1.807, 2.05) is 0 Å². The third-order valence-electron chi connectivity index (χ3n) is 2.26.